The Morgan fingerprint density at radius 2 is 1.18 bits per heavy atom. The SMILES string of the molecule is O=C(O)Oc1ccc2cc(OC(=O)O)c(OC(=O)O)cc2c1. The third-order valence-corrected chi connectivity index (χ3v) is 2.47. The van der Waals surface area contributed by atoms with Crippen LogP contribution in [-0.4, -0.2) is 33.8 Å². The van der Waals surface area contributed by atoms with Crippen LogP contribution in [0.25, 0.3) is 10.8 Å². The zero-order chi connectivity index (χ0) is 16.3. The van der Waals surface area contributed by atoms with Gasteiger partial charge in [0, 0.05) is 0 Å². The maximum absolute atomic E-state index is 10.6. The average molecular weight is 308 g/mol. The van der Waals surface area contributed by atoms with Crippen molar-refractivity contribution in [1.82, 2.24) is 0 Å². The third-order valence-electron chi connectivity index (χ3n) is 2.47. The Morgan fingerprint density at radius 1 is 0.682 bits per heavy atom. The molecular weight excluding hydrogens is 300 g/mol. The molecule has 0 unspecified atom stereocenters. The first-order chi connectivity index (χ1) is 10.3. The van der Waals surface area contributed by atoms with E-state index in [1.165, 1.54) is 30.3 Å². The van der Waals surface area contributed by atoms with Gasteiger partial charge in [0.25, 0.3) is 0 Å². The Balaban J connectivity index is 2.52. The molecular formula is C13H8O9. The number of carboxylic acid groups (broad SMARTS) is 3. The summed E-state index contributed by atoms with van der Waals surface area (Å²) in [5.41, 5.74) is 0. The Morgan fingerprint density at radius 3 is 1.68 bits per heavy atom. The predicted octanol–water partition coefficient (Wildman–Crippen LogP) is 3.01. The second-order valence-electron chi connectivity index (χ2n) is 3.91. The molecule has 3 N–H and O–H groups in total. The average Bonchev–Trinajstić information content (AvgIpc) is 2.37. The number of ether oxygens (including phenoxy) is 3. The van der Waals surface area contributed by atoms with Crippen molar-refractivity contribution in [3.63, 3.8) is 0 Å². The molecule has 0 aromatic heterocycles. The van der Waals surface area contributed by atoms with Gasteiger partial charge in [0.1, 0.15) is 5.75 Å². The summed E-state index contributed by atoms with van der Waals surface area (Å²) in [6, 6.07) is 6.55. The van der Waals surface area contributed by atoms with E-state index < -0.39 is 18.5 Å². The summed E-state index contributed by atoms with van der Waals surface area (Å²) >= 11 is 0. The molecule has 9 nitrogen and oxygen atoms in total. The summed E-state index contributed by atoms with van der Waals surface area (Å²) in [4.78, 5) is 31.7. The van der Waals surface area contributed by atoms with E-state index in [2.05, 4.69) is 14.2 Å². The van der Waals surface area contributed by atoms with Crippen molar-refractivity contribution in [1.29, 1.82) is 0 Å². The molecule has 2 aromatic carbocycles. The molecule has 0 aliphatic carbocycles. The lowest BCUT2D eigenvalue weighted by atomic mass is 10.1. The first-order valence-corrected chi connectivity index (χ1v) is 5.65. The normalized spacial score (nSPS) is 10.0. The highest BCUT2D eigenvalue weighted by Crippen LogP contribution is 2.34. The Kier molecular flexibility index (Phi) is 3.98. The highest BCUT2D eigenvalue weighted by molar-refractivity contribution is 5.89. The zero-order valence-corrected chi connectivity index (χ0v) is 10.7. The fourth-order valence-electron chi connectivity index (χ4n) is 1.75. The largest absolute Gasteiger partial charge is 0.511 e. The Hall–Kier alpha value is -3.49. The topological polar surface area (TPSA) is 140 Å². The molecule has 2 rings (SSSR count). The van der Waals surface area contributed by atoms with Gasteiger partial charge in [-0.2, -0.15) is 0 Å². The fraction of sp³-hybridized carbons (Fsp3) is 0. The van der Waals surface area contributed by atoms with Gasteiger partial charge in [0.05, 0.1) is 0 Å². The van der Waals surface area contributed by atoms with E-state index in [4.69, 9.17) is 15.3 Å². The smallest absolute Gasteiger partial charge is 0.449 e. The molecule has 0 aliphatic heterocycles. The van der Waals surface area contributed by atoms with Gasteiger partial charge in [0.15, 0.2) is 11.5 Å². The van der Waals surface area contributed by atoms with Crippen LogP contribution in [0.15, 0.2) is 30.3 Å². The summed E-state index contributed by atoms with van der Waals surface area (Å²) in [6.45, 7) is 0. The van der Waals surface area contributed by atoms with E-state index in [1.54, 1.807) is 0 Å². The van der Waals surface area contributed by atoms with Gasteiger partial charge in [-0.25, -0.2) is 14.4 Å². The van der Waals surface area contributed by atoms with E-state index in [0.29, 0.717) is 10.8 Å². The number of fused-ring (bicyclic) bond motifs is 1. The molecule has 9 heteroatoms. The van der Waals surface area contributed by atoms with Crippen LogP contribution >= 0.6 is 0 Å². The molecule has 0 fully saturated rings. The zero-order valence-electron chi connectivity index (χ0n) is 10.7. The van der Waals surface area contributed by atoms with E-state index in [9.17, 15) is 14.4 Å². The number of carbonyl (C=O) groups is 3. The van der Waals surface area contributed by atoms with E-state index in [0.717, 1.165) is 0 Å². The van der Waals surface area contributed by atoms with Gasteiger partial charge in [-0.15, -0.1) is 0 Å². The minimum atomic E-state index is -1.66. The third kappa shape index (κ3) is 3.54. The molecule has 0 heterocycles. The van der Waals surface area contributed by atoms with Crippen LogP contribution in [0.1, 0.15) is 0 Å². The molecule has 22 heavy (non-hydrogen) atoms. The van der Waals surface area contributed by atoms with Crippen molar-refractivity contribution in [3.8, 4) is 17.2 Å². The van der Waals surface area contributed by atoms with Crippen LogP contribution < -0.4 is 14.2 Å². The molecule has 0 spiro atoms. The second-order valence-corrected chi connectivity index (χ2v) is 3.91. The predicted molar refractivity (Wildman–Crippen MR) is 69.9 cm³/mol. The van der Waals surface area contributed by atoms with Gasteiger partial charge in [-0.1, -0.05) is 6.07 Å². The highest BCUT2D eigenvalue weighted by Gasteiger charge is 2.15. The summed E-state index contributed by atoms with van der Waals surface area (Å²) in [6.07, 6.45) is -4.81. The maximum Gasteiger partial charge on any atom is 0.511 e. The highest BCUT2D eigenvalue weighted by atomic mass is 16.7. The molecule has 2 aromatic rings. The van der Waals surface area contributed by atoms with Crippen LogP contribution in [0.5, 0.6) is 17.2 Å². The van der Waals surface area contributed by atoms with E-state index >= 15 is 0 Å². The van der Waals surface area contributed by atoms with Gasteiger partial charge < -0.3 is 29.5 Å². The molecule has 0 amide bonds. The van der Waals surface area contributed by atoms with Crippen molar-refractivity contribution < 1.29 is 43.9 Å². The lowest BCUT2D eigenvalue weighted by molar-refractivity contribution is 0.133. The van der Waals surface area contributed by atoms with E-state index in [1.807, 2.05) is 0 Å². The lowest BCUT2D eigenvalue weighted by Gasteiger charge is -2.09. The standard InChI is InChI=1S/C13H8O9/c14-11(15)20-8-2-1-6-4-9(21-12(16)17)10(22-13(18)19)5-7(6)3-8/h1-5H,(H,14,15)(H,16,17)(H,18,19). The van der Waals surface area contributed by atoms with E-state index in [-0.39, 0.29) is 17.2 Å². The summed E-state index contributed by atoms with van der Waals surface area (Å²) < 4.78 is 13.4. The number of rotatable bonds is 3. The Labute approximate surface area is 121 Å². The minimum Gasteiger partial charge on any atom is -0.449 e. The summed E-state index contributed by atoms with van der Waals surface area (Å²) in [5.74, 6) is -0.655. The molecule has 0 bridgehead atoms. The van der Waals surface area contributed by atoms with Crippen LogP contribution in [0.4, 0.5) is 14.4 Å². The van der Waals surface area contributed by atoms with Crippen LogP contribution in [-0.2, 0) is 0 Å². The van der Waals surface area contributed by atoms with Crippen molar-refractivity contribution in [2.45, 2.75) is 0 Å². The van der Waals surface area contributed by atoms with Crippen LogP contribution in [0.3, 0.4) is 0 Å². The Bertz CT molecular complexity index is 765. The van der Waals surface area contributed by atoms with Crippen molar-refractivity contribution >= 4 is 29.2 Å². The van der Waals surface area contributed by atoms with Crippen LogP contribution in [0, 0.1) is 0 Å². The van der Waals surface area contributed by atoms with Gasteiger partial charge >= 0.3 is 18.5 Å². The fourth-order valence-corrected chi connectivity index (χ4v) is 1.75. The van der Waals surface area contributed by atoms with Crippen LogP contribution in [0.2, 0.25) is 0 Å². The van der Waals surface area contributed by atoms with Gasteiger partial charge in [-0.3, -0.25) is 0 Å². The quantitative estimate of drug-likeness (QED) is 0.576. The second kappa shape index (κ2) is 5.87. The van der Waals surface area contributed by atoms with Gasteiger partial charge in [-0.05, 0) is 35.0 Å². The van der Waals surface area contributed by atoms with Crippen molar-refractivity contribution in [3.05, 3.63) is 30.3 Å². The molecule has 114 valence electrons. The minimum absolute atomic E-state index is 0.00757. The molecule has 0 radical (unpaired) electrons. The molecule has 0 aliphatic rings. The maximum atomic E-state index is 10.6. The number of benzene rings is 2. The number of hydrogen-bond donors (Lipinski definition) is 3. The molecule has 0 saturated carbocycles. The lowest BCUT2D eigenvalue weighted by Crippen LogP contribution is -2.08. The molecule has 0 atom stereocenters. The first kappa shape index (κ1) is 14.9. The summed E-state index contributed by atoms with van der Waals surface area (Å²) in [5, 5.41) is 26.7. The van der Waals surface area contributed by atoms with Crippen molar-refractivity contribution in [2.75, 3.05) is 0 Å². The summed E-state index contributed by atoms with van der Waals surface area (Å²) in [7, 11) is 0. The van der Waals surface area contributed by atoms with Gasteiger partial charge in [0.2, 0.25) is 0 Å². The first-order valence-electron chi connectivity index (χ1n) is 5.65. The van der Waals surface area contributed by atoms with Crippen molar-refractivity contribution in [2.24, 2.45) is 0 Å². The number of hydrogen-bond acceptors (Lipinski definition) is 6. The monoisotopic (exact) mass is 308 g/mol. The molecule has 0 saturated heterocycles.